The molecule has 0 aliphatic rings. The summed E-state index contributed by atoms with van der Waals surface area (Å²) in [7, 11) is 1.71. The second kappa shape index (κ2) is 7.00. The van der Waals surface area contributed by atoms with Gasteiger partial charge in [-0.05, 0) is 48.9 Å². The van der Waals surface area contributed by atoms with E-state index in [0.29, 0.717) is 18.5 Å². The van der Waals surface area contributed by atoms with Crippen LogP contribution >= 0.6 is 11.3 Å². The smallest absolute Gasteiger partial charge is 0.149 e. The van der Waals surface area contributed by atoms with Crippen molar-refractivity contribution in [2.24, 2.45) is 5.73 Å². The highest BCUT2D eigenvalue weighted by molar-refractivity contribution is 7.09. The molecule has 0 aliphatic heterocycles. The molecule has 0 spiro atoms. The zero-order valence-electron chi connectivity index (χ0n) is 12.3. The highest BCUT2D eigenvalue weighted by atomic mass is 32.1. The molecule has 5 heteroatoms. The van der Waals surface area contributed by atoms with E-state index in [9.17, 15) is 8.78 Å². The third-order valence-corrected chi connectivity index (χ3v) is 4.23. The minimum Gasteiger partial charge on any atom is -0.369 e. The molecule has 0 amide bonds. The van der Waals surface area contributed by atoms with E-state index in [2.05, 4.69) is 0 Å². The van der Waals surface area contributed by atoms with Crippen LogP contribution in [0, 0.1) is 11.6 Å². The number of rotatable bonds is 6. The molecule has 0 fully saturated rings. The van der Waals surface area contributed by atoms with E-state index in [4.69, 9.17) is 5.73 Å². The van der Waals surface area contributed by atoms with Crippen LogP contribution in [0.2, 0.25) is 0 Å². The number of halogens is 2. The summed E-state index contributed by atoms with van der Waals surface area (Å²) in [6.45, 7) is 2.39. The molecule has 2 aromatic rings. The maximum Gasteiger partial charge on any atom is 0.149 e. The van der Waals surface area contributed by atoms with Gasteiger partial charge in [0.1, 0.15) is 17.3 Å². The normalized spacial score (nSPS) is 12.4. The fraction of sp³-hybridized carbons (Fsp3) is 0.375. The van der Waals surface area contributed by atoms with Gasteiger partial charge in [-0.1, -0.05) is 6.07 Å². The molecule has 0 saturated heterocycles. The molecule has 2 N–H and O–H groups in total. The Morgan fingerprint density at radius 2 is 1.95 bits per heavy atom. The zero-order chi connectivity index (χ0) is 15.4. The van der Waals surface area contributed by atoms with E-state index in [0.717, 1.165) is 6.42 Å². The van der Waals surface area contributed by atoms with Crippen molar-refractivity contribution in [2.45, 2.75) is 25.8 Å². The monoisotopic (exact) mass is 310 g/mol. The van der Waals surface area contributed by atoms with Crippen LogP contribution in [-0.4, -0.2) is 19.6 Å². The molecule has 0 bridgehead atoms. The number of nitrogens with two attached hydrogens (primary N) is 1. The molecule has 1 unspecified atom stereocenters. The number of nitrogens with zero attached hydrogens (tertiary/aromatic N) is 1. The lowest BCUT2D eigenvalue weighted by Crippen LogP contribution is -2.23. The van der Waals surface area contributed by atoms with Crippen LogP contribution in [0.5, 0.6) is 0 Å². The predicted molar refractivity (Wildman–Crippen MR) is 85.0 cm³/mol. The Morgan fingerprint density at radius 3 is 2.48 bits per heavy atom. The molecule has 0 aliphatic carbocycles. The molecule has 0 radical (unpaired) electrons. The molecule has 1 aromatic heterocycles. The van der Waals surface area contributed by atoms with Gasteiger partial charge in [0.2, 0.25) is 0 Å². The fourth-order valence-corrected chi connectivity index (χ4v) is 3.02. The summed E-state index contributed by atoms with van der Waals surface area (Å²) in [6, 6.07) is 6.64. The van der Waals surface area contributed by atoms with Crippen molar-refractivity contribution >= 4 is 17.0 Å². The number of hydrogen-bond acceptors (Lipinski definition) is 3. The third-order valence-electron chi connectivity index (χ3n) is 3.29. The highest BCUT2D eigenvalue weighted by Crippen LogP contribution is 2.25. The van der Waals surface area contributed by atoms with Gasteiger partial charge < -0.3 is 10.6 Å². The molecule has 0 saturated carbocycles. The first-order valence-corrected chi connectivity index (χ1v) is 7.82. The van der Waals surface area contributed by atoms with E-state index in [1.165, 1.54) is 17.0 Å². The maximum absolute atomic E-state index is 14.2. The van der Waals surface area contributed by atoms with E-state index < -0.39 is 11.6 Å². The summed E-state index contributed by atoms with van der Waals surface area (Å²) in [5.41, 5.74) is 6.29. The first-order valence-electron chi connectivity index (χ1n) is 6.94. The molecule has 1 heterocycles. The average molecular weight is 310 g/mol. The van der Waals surface area contributed by atoms with Crippen molar-refractivity contribution in [1.29, 1.82) is 0 Å². The first kappa shape index (κ1) is 15.9. The van der Waals surface area contributed by atoms with Gasteiger partial charge in [-0.3, -0.25) is 0 Å². The average Bonchev–Trinajstić information content (AvgIpc) is 2.87. The van der Waals surface area contributed by atoms with Gasteiger partial charge in [0.15, 0.2) is 0 Å². The molecule has 2 nitrogen and oxygen atoms in total. The van der Waals surface area contributed by atoms with Crippen molar-refractivity contribution in [1.82, 2.24) is 0 Å². The van der Waals surface area contributed by atoms with Gasteiger partial charge in [-0.15, -0.1) is 11.3 Å². The van der Waals surface area contributed by atoms with Gasteiger partial charge >= 0.3 is 0 Å². The molecule has 21 heavy (non-hydrogen) atoms. The van der Waals surface area contributed by atoms with Crippen molar-refractivity contribution in [3.63, 3.8) is 0 Å². The minimum atomic E-state index is -0.528. The Morgan fingerprint density at radius 1 is 1.29 bits per heavy atom. The van der Waals surface area contributed by atoms with Crippen molar-refractivity contribution in [3.05, 3.63) is 51.7 Å². The standard InChI is InChI=1S/C16H20F2N2S/c1-11(19)8-12-9-14(17)16(15(18)10-12)20(2)6-5-13-4-3-7-21-13/h3-4,7,9-11H,5-6,8,19H2,1-2H3. The van der Waals surface area contributed by atoms with Crippen molar-refractivity contribution in [2.75, 3.05) is 18.5 Å². The molecular formula is C16H20F2N2S. The highest BCUT2D eigenvalue weighted by Gasteiger charge is 2.16. The Balaban J connectivity index is 2.11. The SMILES string of the molecule is CC(N)Cc1cc(F)c(N(C)CCc2cccs2)c(F)c1. The molecule has 114 valence electrons. The Bertz CT molecular complexity index is 559. The lowest BCUT2D eigenvalue weighted by atomic mass is 10.1. The Kier molecular flexibility index (Phi) is 5.31. The lowest BCUT2D eigenvalue weighted by Gasteiger charge is -2.21. The number of hydrogen-bond donors (Lipinski definition) is 1. The van der Waals surface area contributed by atoms with Crippen LogP contribution in [0.25, 0.3) is 0 Å². The van der Waals surface area contributed by atoms with Gasteiger partial charge in [0.25, 0.3) is 0 Å². The third kappa shape index (κ3) is 4.25. The Labute approximate surface area is 128 Å². The predicted octanol–water partition coefficient (Wildman–Crippen LogP) is 3.59. The minimum absolute atomic E-state index is 0.0278. The van der Waals surface area contributed by atoms with E-state index >= 15 is 0 Å². The van der Waals surface area contributed by atoms with Crippen LogP contribution in [0.1, 0.15) is 17.4 Å². The van der Waals surface area contributed by atoms with Crippen LogP contribution < -0.4 is 10.6 Å². The summed E-state index contributed by atoms with van der Waals surface area (Å²) in [5.74, 6) is -1.06. The van der Waals surface area contributed by atoms with E-state index in [1.54, 1.807) is 23.3 Å². The maximum atomic E-state index is 14.2. The summed E-state index contributed by atoms with van der Waals surface area (Å²) in [4.78, 5) is 2.83. The summed E-state index contributed by atoms with van der Waals surface area (Å²) in [6.07, 6.45) is 1.24. The second-order valence-electron chi connectivity index (χ2n) is 5.34. The zero-order valence-corrected chi connectivity index (χ0v) is 13.1. The number of anilines is 1. The summed E-state index contributed by atoms with van der Waals surface area (Å²) >= 11 is 1.65. The number of thiophene rings is 1. The van der Waals surface area contributed by atoms with Gasteiger partial charge in [-0.2, -0.15) is 0 Å². The molecule has 2 rings (SSSR count). The number of likely N-dealkylation sites (N-methyl/N-ethyl adjacent to an activating group) is 1. The van der Waals surface area contributed by atoms with Crippen LogP contribution in [0.15, 0.2) is 29.6 Å². The second-order valence-corrected chi connectivity index (χ2v) is 6.37. The van der Waals surface area contributed by atoms with E-state index in [-0.39, 0.29) is 11.7 Å². The molecular weight excluding hydrogens is 290 g/mol. The van der Waals surface area contributed by atoms with Crippen molar-refractivity contribution in [3.8, 4) is 0 Å². The van der Waals surface area contributed by atoms with Crippen LogP contribution in [0.3, 0.4) is 0 Å². The van der Waals surface area contributed by atoms with Crippen LogP contribution in [0.4, 0.5) is 14.5 Å². The summed E-state index contributed by atoms with van der Waals surface area (Å²) in [5, 5.41) is 2.00. The van der Waals surface area contributed by atoms with Gasteiger partial charge in [0.05, 0.1) is 0 Å². The lowest BCUT2D eigenvalue weighted by molar-refractivity contribution is 0.571. The largest absolute Gasteiger partial charge is 0.369 e. The van der Waals surface area contributed by atoms with E-state index in [1.807, 2.05) is 24.4 Å². The molecule has 1 aromatic carbocycles. The van der Waals surface area contributed by atoms with Gasteiger partial charge in [-0.25, -0.2) is 8.78 Å². The van der Waals surface area contributed by atoms with Crippen LogP contribution in [-0.2, 0) is 12.8 Å². The summed E-state index contributed by atoms with van der Waals surface area (Å²) < 4.78 is 28.3. The number of benzene rings is 1. The molecule has 1 atom stereocenters. The fourth-order valence-electron chi connectivity index (χ4n) is 2.32. The first-order chi connectivity index (χ1) is 9.97. The van der Waals surface area contributed by atoms with Crippen molar-refractivity contribution < 1.29 is 8.78 Å². The topological polar surface area (TPSA) is 29.3 Å². The quantitative estimate of drug-likeness (QED) is 0.883. The van der Waals surface area contributed by atoms with Gasteiger partial charge in [0, 0.05) is 24.5 Å². The Hall–Kier alpha value is -1.46.